The third-order valence-electron chi connectivity index (χ3n) is 3.91. The van der Waals surface area contributed by atoms with E-state index in [1.54, 1.807) is 0 Å². The van der Waals surface area contributed by atoms with Crippen LogP contribution in [0, 0.1) is 24.2 Å². The number of nitrogens with zero attached hydrogens (tertiary/aromatic N) is 3. The quantitative estimate of drug-likeness (QED) is 0.892. The Hall–Kier alpha value is -1.86. The number of imidazole rings is 1. The molecule has 0 radical (unpaired) electrons. The zero-order valence-electron chi connectivity index (χ0n) is 11.2. The van der Waals surface area contributed by atoms with Gasteiger partial charge < -0.3 is 9.72 Å². The molecular weight excluding hydrogens is 236 g/mol. The van der Waals surface area contributed by atoms with Gasteiger partial charge in [0.15, 0.2) is 5.69 Å². The average Bonchev–Trinajstić information content (AvgIpc) is 2.77. The van der Waals surface area contributed by atoms with E-state index < -0.39 is 0 Å². The topological polar surface area (TPSA) is 53.1 Å². The molecular formula is C15H18N4. The molecule has 2 aromatic heterocycles. The van der Waals surface area contributed by atoms with E-state index in [1.165, 1.54) is 12.8 Å². The van der Waals surface area contributed by atoms with E-state index in [0.29, 0.717) is 11.6 Å². The monoisotopic (exact) mass is 254 g/mol. The second-order valence-electron chi connectivity index (χ2n) is 5.35. The molecule has 19 heavy (non-hydrogen) atoms. The number of hydrogen-bond acceptors (Lipinski definition) is 3. The highest BCUT2D eigenvalue weighted by Gasteiger charge is 2.18. The first-order chi connectivity index (χ1) is 9.28. The van der Waals surface area contributed by atoms with Gasteiger partial charge in [0.05, 0.1) is 5.52 Å². The Kier molecular flexibility index (Phi) is 3.22. The van der Waals surface area contributed by atoms with Gasteiger partial charge in [-0.3, -0.25) is 0 Å². The van der Waals surface area contributed by atoms with Crippen molar-refractivity contribution in [3.8, 4) is 6.07 Å². The van der Waals surface area contributed by atoms with Gasteiger partial charge in [0.25, 0.3) is 0 Å². The molecule has 0 amide bonds. The van der Waals surface area contributed by atoms with E-state index in [9.17, 15) is 5.26 Å². The Bertz CT molecular complexity index is 629. The first-order valence-corrected chi connectivity index (χ1v) is 6.86. The molecule has 1 saturated heterocycles. The minimum absolute atomic E-state index is 0.549. The van der Waals surface area contributed by atoms with Gasteiger partial charge in [0.1, 0.15) is 11.9 Å². The number of nitrogens with one attached hydrogen (secondary N) is 1. The standard InChI is InChI=1S/C15H18N4/c1-11-4-7-19-14(8-11)13(10-16)18-15(19)9-12-2-5-17-6-3-12/h4,7-8,12,17H,2-3,5-6,9H2,1H3. The second-order valence-corrected chi connectivity index (χ2v) is 5.35. The number of aromatic nitrogens is 2. The summed E-state index contributed by atoms with van der Waals surface area (Å²) < 4.78 is 2.08. The number of nitriles is 1. The Labute approximate surface area is 113 Å². The maximum Gasteiger partial charge on any atom is 0.166 e. The van der Waals surface area contributed by atoms with Crippen molar-refractivity contribution in [1.29, 1.82) is 5.26 Å². The Morgan fingerprint density at radius 1 is 1.47 bits per heavy atom. The molecule has 4 nitrogen and oxygen atoms in total. The van der Waals surface area contributed by atoms with Crippen LogP contribution in [0.15, 0.2) is 18.3 Å². The molecule has 0 aromatic carbocycles. The fraction of sp³-hybridized carbons (Fsp3) is 0.467. The largest absolute Gasteiger partial charge is 0.317 e. The highest BCUT2D eigenvalue weighted by Crippen LogP contribution is 2.21. The molecule has 0 aliphatic carbocycles. The van der Waals surface area contributed by atoms with Crippen molar-refractivity contribution in [2.24, 2.45) is 5.92 Å². The summed E-state index contributed by atoms with van der Waals surface area (Å²) >= 11 is 0. The van der Waals surface area contributed by atoms with Gasteiger partial charge in [0, 0.05) is 12.6 Å². The van der Waals surface area contributed by atoms with Crippen LogP contribution in [0.1, 0.15) is 29.9 Å². The third-order valence-corrected chi connectivity index (χ3v) is 3.91. The van der Waals surface area contributed by atoms with Crippen molar-refractivity contribution < 1.29 is 0 Å². The predicted octanol–water partition coefficient (Wildman–Crippen LogP) is 2.06. The SMILES string of the molecule is Cc1ccn2c(CC3CCNCC3)nc(C#N)c2c1. The molecule has 1 aliphatic heterocycles. The molecule has 1 aliphatic rings. The van der Waals surface area contributed by atoms with Crippen LogP contribution in [0.5, 0.6) is 0 Å². The highest BCUT2D eigenvalue weighted by molar-refractivity contribution is 5.59. The molecule has 0 saturated carbocycles. The van der Waals surface area contributed by atoms with Crippen LogP contribution in [0.3, 0.4) is 0 Å². The zero-order valence-corrected chi connectivity index (χ0v) is 11.2. The van der Waals surface area contributed by atoms with E-state index in [4.69, 9.17) is 0 Å². The van der Waals surface area contributed by atoms with E-state index in [0.717, 1.165) is 36.4 Å². The summed E-state index contributed by atoms with van der Waals surface area (Å²) in [4.78, 5) is 4.52. The molecule has 2 aromatic rings. The summed E-state index contributed by atoms with van der Waals surface area (Å²) in [5.41, 5.74) is 2.65. The fourth-order valence-electron chi connectivity index (χ4n) is 2.82. The Morgan fingerprint density at radius 2 is 2.26 bits per heavy atom. The molecule has 3 rings (SSSR count). The number of rotatable bonds is 2. The Balaban J connectivity index is 1.97. The first-order valence-electron chi connectivity index (χ1n) is 6.86. The van der Waals surface area contributed by atoms with Crippen molar-refractivity contribution >= 4 is 5.52 Å². The lowest BCUT2D eigenvalue weighted by atomic mass is 9.94. The summed E-state index contributed by atoms with van der Waals surface area (Å²) in [5.74, 6) is 1.71. The van der Waals surface area contributed by atoms with Crippen molar-refractivity contribution in [3.05, 3.63) is 35.4 Å². The number of fused-ring (bicyclic) bond motifs is 1. The van der Waals surface area contributed by atoms with Crippen LogP contribution >= 0.6 is 0 Å². The van der Waals surface area contributed by atoms with Crippen LogP contribution in [0.2, 0.25) is 0 Å². The summed E-state index contributed by atoms with van der Waals surface area (Å²) in [5, 5.41) is 12.6. The summed E-state index contributed by atoms with van der Waals surface area (Å²) in [6.07, 6.45) is 5.40. The number of piperidine rings is 1. The highest BCUT2D eigenvalue weighted by atomic mass is 15.0. The van der Waals surface area contributed by atoms with Crippen LogP contribution in [-0.2, 0) is 6.42 Å². The molecule has 0 spiro atoms. The third kappa shape index (κ3) is 2.34. The van der Waals surface area contributed by atoms with Crippen LogP contribution in [0.4, 0.5) is 0 Å². The fourth-order valence-corrected chi connectivity index (χ4v) is 2.82. The minimum atomic E-state index is 0.549. The van der Waals surface area contributed by atoms with Crippen molar-refractivity contribution in [1.82, 2.24) is 14.7 Å². The minimum Gasteiger partial charge on any atom is -0.317 e. The van der Waals surface area contributed by atoms with E-state index in [2.05, 4.69) is 26.8 Å². The van der Waals surface area contributed by atoms with Gasteiger partial charge in [0.2, 0.25) is 0 Å². The van der Waals surface area contributed by atoms with E-state index in [1.807, 2.05) is 19.2 Å². The van der Waals surface area contributed by atoms with E-state index >= 15 is 0 Å². The lowest BCUT2D eigenvalue weighted by Crippen LogP contribution is -2.29. The molecule has 1 N–H and O–H groups in total. The normalized spacial score (nSPS) is 16.6. The van der Waals surface area contributed by atoms with Crippen LogP contribution in [0.25, 0.3) is 5.52 Å². The summed E-state index contributed by atoms with van der Waals surface area (Å²) in [6.45, 7) is 4.23. The van der Waals surface area contributed by atoms with Gasteiger partial charge in [-0.15, -0.1) is 0 Å². The van der Waals surface area contributed by atoms with Crippen LogP contribution in [-0.4, -0.2) is 22.5 Å². The number of pyridine rings is 1. The summed E-state index contributed by atoms with van der Waals surface area (Å²) in [7, 11) is 0. The predicted molar refractivity (Wildman–Crippen MR) is 73.9 cm³/mol. The molecule has 3 heterocycles. The number of aryl methyl sites for hydroxylation is 1. The lowest BCUT2D eigenvalue weighted by molar-refractivity contribution is 0.367. The number of hydrogen-bond donors (Lipinski definition) is 1. The summed E-state index contributed by atoms with van der Waals surface area (Å²) in [6, 6.07) is 6.32. The maximum atomic E-state index is 9.21. The van der Waals surface area contributed by atoms with Gasteiger partial charge in [-0.2, -0.15) is 5.26 Å². The van der Waals surface area contributed by atoms with E-state index in [-0.39, 0.29) is 0 Å². The molecule has 4 heteroatoms. The molecule has 0 bridgehead atoms. The molecule has 1 fully saturated rings. The lowest BCUT2D eigenvalue weighted by Gasteiger charge is -2.21. The first kappa shape index (κ1) is 12.2. The van der Waals surface area contributed by atoms with Gasteiger partial charge in [-0.1, -0.05) is 0 Å². The molecule has 98 valence electrons. The van der Waals surface area contributed by atoms with Crippen molar-refractivity contribution in [2.75, 3.05) is 13.1 Å². The maximum absolute atomic E-state index is 9.21. The van der Waals surface area contributed by atoms with Gasteiger partial charge in [-0.05, 0) is 56.5 Å². The van der Waals surface area contributed by atoms with Gasteiger partial charge >= 0.3 is 0 Å². The van der Waals surface area contributed by atoms with Gasteiger partial charge in [-0.25, -0.2) is 4.98 Å². The van der Waals surface area contributed by atoms with Crippen LogP contribution < -0.4 is 5.32 Å². The van der Waals surface area contributed by atoms with Crippen molar-refractivity contribution in [2.45, 2.75) is 26.2 Å². The molecule has 0 unspecified atom stereocenters. The smallest absolute Gasteiger partial charge is 0.166 e. The second kappa shape index (κ2) is 5.02. The molecule has 0 atom stereocenters. The zero-order chi connectivity index (χ0) is 13.2. The van der Waals surface area contributed by atoms with Crippen molar-refractivity contribution in [3.63, 3.8) is 0 Å². The Morgan fingerprint density at radius 3 is 3.00 bits per heavy atom. The average molecular weight is 254 g/mol.